The molecule has 4 atom stereocenters. The lowest BCUT2D eigenvalue weighted by atomic mass is 10.0. The molecule has 0 spiro atoms. The molecule has 0 unspecified atom stereocenters. The number of hydrogen-bond acceptors (Lipinski definition) is 8. The summed E-state index contributed by atoms with van der Waals surface area (Å²) in [5.41, 5.74) is 2.07. The van der Waals surface area contributed by atoms with Crippen LogP contribution in [0.25, 0.3) is 0 Å². The van der Waals surface area contributed by atoms with Gasteiger partial charge < -0.3 is 41.5 Å². The highest BCUT2D eigenvalue weighted by Gasteiger charge is 2.28. The summed E-state index contributed by atoms with van der Waals surface area (Å²) in [7, 11) is 0. The summed E-state index contributed by atoms with van der Waals surface area (Å²) in [6, 6.07) is 19.3. The number of nitrogens with one attached hydrogen (secondary N) is 5. The fourth-order valence-corrected chi connectivity index (χ4v) is 4.93. The molecular weight excluding hydrogens is 658 g/mol. The fraction of sp³-hybridized carbons (Fsp3) is 0.351. The third-order valence-corrected chi connectivity index (χ3v) is 7.77. The lowest BCUT2D eigenvalue weighted by molar-refractivity contribution is -0.142. The van der Waals surface area contributed by atoms with Crippen molar-refractivity contribution in [2.75, 3.05) is 6.54 Å². The fourth-order valence-electron chi connectivity index (χ4n) is 4.93. The Kier molecular flexibility index (Phi) is 15.9. The van der Waals surface area contributed by atoms with Gasteiger partial charge in [-0.1, -0.05) is 92.6 Å². The Morgan fingerprint density at radius 3 is 1.80 bits per heavy atom. The van der Waals surface area contributed by atoms with Gasteiger partial charge in [-0.05, 0) is 42.2 Å². The van der Waals surface area contributed by atoms with E-state index in [1.807, 2.05) is 13.0 Å². The summed E-state index contributed by atoms with van der Waals surface area (Å²) >= 11 is 0. The highest BCUT2D eigenvalue weighted by atomic mass is 16.5. The molecule has 14 nitrogen and oxygen atoms in total. The van der Waals surface area contributed by atoms with Crippen molar-refractivity contribution < 1.29 is 43.7 Å². The van der Waals surface area contributed by atoms with Crippen LogP contribution in [0.1, 0.15) is 49.8 Å². The van der Waals surface area contributed by atoms with Crippen molar-refractivity contribution >= 4 is 35.7 Å². The number of carbonyl (C=O) groups is 6. The molecule has 3 aromatic rings. The minimum atomic E-state index is -1.19. The van der Waals surface area contributed by atoms with Gasteiger partial charge in [0.1, 0.15) is 36.5 Å². The van der Waals surface area contributed by atoms with E-state index in [0.29, 0.717) is 12.0 Å². The van der Waals surface area contributed by atoms with Gasteiger partial charge >= 0.3 is 12.1 Å². The normalized spacial score (nSPS) is 13.0. The highest BCUT2D eigenvalue weighted by Crippen LogP contribution is 2.12. The van der Waals surface area contributed by atoms with Crippen molar-refractivity contribution in [1.29, 1.82) is 0 Å². The summed E-state index contributed by atoms with van der Waals surface area (Å²) in [6.07, 6.45) is 0.764. The van der Waals surface area contributed by atoms with Crippen LogP contribution in [-0.2, 0) is 48.2 Å². The maximum absolute atomic E-state index is 13.3. The van der Waals surface area contributed by atoms with Gasteiger partial charge in [-0.3, -0.25) is 19.2 Å². The molecule has 0 aliphatic rings. The third-order valence-electron chi connectivity index (χ3n) is 7.77. The van der Waals surface area contributed by atoms with Gasteiger partial charge in [0.25, 0.3) is 0 Å². The lowest BCUT2D eigenvalue weighted by Crippen LogP contribution is -2.56. The van der Waals surface area contributed by atoms with Crippen LogP contribution >= 0.6 is 0 Å². The monoisotopic (exact) mass is 703 g/mol. The largest absolute Gasteiger partial charge is 0.508 e. The second-order valence-corrected chi connectivity index (χ2v) is 11.9. The van der Waals surface area contributed by atoms with Crippen LogP contribution in [0.4, 0.5) is 4.79 Å². The molecule has 0 aliphatic heterocycles. The first-order chi connectivity index (χ1) is 24.4. The summed E-state index contributed by atoms with van der Waals surface area (Å²) in [4.78, 5) is 76.7. The smallest absolute Gasteiger partial charge is 0.408 e. The van der Waals surface area contributed by atoms with Gasteiger partial charge in [-0.25, -0.2) is 9.59 Å². The number of unbranched alkanes of at least 4 members (excludes halogenated alkanes) is 1. The molecule has 0 bridgehead atoms. The summed E-state index contributed by atoms with van der Waals surface area (Å²) in [6.45, 7) is 2.71. The van der Waals surface area contributed by atoms with Gasteiger partial charge in [0, 0.05) is 12.8 Å². The molecule has 0 saturated heterocycles. The number of carbonyl (C=O) groups excluding carboxylic acids is 5. The van der Waals surface area contributed by atoms with Crippen molar-refractivity contribution in [2.45, 2.75) is 76.7 Å². The molecule has 0 aromatic heterocycles. The van der Waals surface area contributed by atoms with E-state index in [9.17, 15) is 39.0 Å². The van der Waals surface area contributed by atoms with E-state index in [1.165, 1.54) is 19.1 Å². The van der Waals surface area contributed by atoms with Crippen LogP contribution in [0.5, 0.6) is 5.75 Å². The average molecular weight is 704 g/mol. The Morgan fingerprint density at radius 1 is 0.667 bits per heavy atom. The molecule has 5 amide bonds. The number of benzene rings is 3. The number of phenols is 1. The zero-order chi connectivity index (χ0) is 37.2. The molecule has 7 N–H and O–H groups in total. The van der Waals surface area contributed by atoms with Crippen molar-refractivity contribution in [3.05, 3.63) is 102 Å². The highest BCUT2D eigenvalue weighted by molar-refractivity contribution is 5.94. The Morgan fingerprint density at radius 2 is 1.22 bits per heavy atom. The number of ether oxygens (including phenoxy) is 1. The van der Waals surface area contributed by atoms with Crippen LogP contribution in [0.3, 0.4) is 0 Å². The molecule has 0 saturated carbocycles. The van der Waals surface area contributed by atoms with Crippen LogP contribution in [0, 0.1) is 0 Å². The van der Waals surface area contributed by atoms with Crippen molar-refractivity contribution in [1.82, 2.24) is 26.6 Å². The van der Waals surface area contributed by atoms with Gasteiger partial charge in [0.15, 0.2) is 0 Å². The Balaban J connectivity index is 1.60. The number of phenolic OH excluding ortho intramolecular Hbond substituents is 1. The standard InChI is InChI=1S/C37H45N5O9/c1-3-4-15-29(36(48)49)41-35(47)30(20-25-11-7-5-8-12-25)40-32(44)22-38-33(45)24(2)39-34(46)31(21-26-16-18-28(43)19-17-26)42-37(50)51-23-27-13-9-6-10-14-27/h5-14,16-19,24,29-31,43H,3-4,15,20-23H2,1-2H3,(H,38,45)(H,39,46)(H,40,44)(H,41,47)(H,42,50)(H,48,49)/t24-,29+,30+,31+/m1/s1. The Hall–Kier alpha value is -5.92. The molecule has 272 valence electrons. The number of rotatable bonds is 19. The first kappa shape index (κ1) is 39.5. The molecule has 3 aromatic carbocycles. The average Bonchev–Trinajstić information content (AvgIpc) is 3.12. The van der Waals surface area contributed by atoms with Crippen LogP contribution in [-0.4, -0.2) is 76.6 Å². The zero-order valence-corrected chi connectivity index (χ0v) is 28.6. The van der Waals surface area contributed by atoms with Crippen LogP contribution in [0.15, 0.2) is 84.9 Å². The molecule has 14 heteroatoms. The summed E-state index contributed by atoms with van der Waals surface area (Å²) in [5.74, 6) is -3.99. The van der Waals surface area contributed by atoms with E-state index >= 15 is 0 Å². The number of hydrogen-bond donors (Lipinski definition) is 7. The van der Waals surface area contributed by atoms with E-state index in [0.717, 1.165) is 17.5 Å². The summed E-state index contributed by atoms with van der Waals surface area (Å²) < 4.78 is 5.27. The molecule has 0 heterocycles. The Labute approximate surface area is 296 Å². The lowest BCUT2D eigenvalue weighted by Gasteiger charge is -2.22. The van der Waals surface area contributed by atoms with E-state index in [2.05, 4.69) is 26.6 Å². The second-order valence-electron chi connectivity index (χ2n) is 11.9. The summed E-state index contributed by atoms with van der Waals surface area (Å²) in [5, 5.41) is 31.8. The van der Waals surface area contributed by atoms with E-state index in [-0.39, 0.29) is 31.6 Å². The van der Waals surface area contributed by atoms with Gasteiger partial charge in [-0.2, -0.15) is 0 Å². The SMILES string of the molecule is CCCC[C@H](NC(=O)[C@H](Cc1ccccc1)NC(=O)CNC(=O)[C@@H](C)NC(=O)[C@H](Cc1ccc(O)cc1)NC(=O)OCc1ccccc1)C(=O)O. The minimum Gasteiger partial charge on any atom is -0.508 e. The predicted molar refractivity (Wildman–Crippen MR) is 187 cm³/mol. The quantitative estimate of drug-likeness (QED) is 0.0975. The van der Waals surface area contributed by atoms with E-state index in [1.54, 1.807) is 66.7 Å². The van der Waals surface area contributed by atoms with Gasteiger partial charge in [0.05, 0.1) is 6.54 Å². The van der Waals surface area contributed by atoms with Gasteiger partial charge in [-0.15, -0.1) is 0 Å². The number of aliphatic carboxylic acids is 1. The third kappa shape index (κ3) is 14.2. The topological polar surface area (TPSA) is 212 Å². The van der Waals surface area contributed by atoms with Crippen LogP contribution in [0.2, 0.25) is 0 Å². The van der Waals surface area contributed by atoms with Gasteiger partial charge in [0.2, 0.25) is 23.6 Å². The number of carboxylic acids is 1. The van der Waals surface area contributed by atoms with E-state index in [4.69, 9.17) is 4.74 Å². The number of aromatic hydroxyl groups is 1. The molecule has 51 heavy (non-hydrogen) atoms. The number of alkyl carbamates (subject to hydrolysis) is 1. The molecule has 0 aliphatic carbocycles. The van der Waals surface area contributed by atoms with E-state index < -0.39 is 66.4 Å². The second kappa shape index (κ2) is 20.6. The van der Waals surface area contributed by atoms with Crippen molar-refractivity contribution in [2.24, 2.45) is 0 Å². The maximum atomic E-state index is 13.3. The molecule has 0 radical (unpaired) electrons. The maximum Gasteiger partial charge on any atom is 0.408 e. The number of amides is 5. The molecule has 3 rings (SSSR count). The van der Waals surface area contributed by atoms with Crippen LogP contribution < -0.4 is 26.6 Å². The first-order valence-corrected chi connectivity index (χ1v) is 16.6. The predicted octanol–water partition coefficient (Wildman–Crippen LogP) is 2.34. The van der Waals surface area contributed by atoms with Crippen molar-refractivity contribution in [3.63, 3.8) is 0 Å². The minimum absolute atomic E-state index is 0.00927. The molecular formula is C37H45N5O9. The number of carboxylic acid groups (broad SMARTS) is 1. The molecule has 0 fully saturated rings. The zero-order valence-electron chi connectivity index (χ0n) is 28.6. The van der Waals surface area contributed by atoms with Crippen molar-refractivity contribution in [3.8, 4) is 5.75 Å². The first-order valence-electron chi connectivity index (χ1n) is 16.6. The Bertz CT molecular complexity index is 1600.